The number of benzene rings is 1. The quantitative estimate of drug-likeness (QED) is 0.636. The first-order valence-electron chi connectivity index (χ1n) is 8.08. The van der Waals surface area contributed by atoms with Gasteiger partial charge in [0.2, 0.25) is 0 Å². The summed E-state index contributed by atoms with van der Waals surface area (Å²) in [5, 5.41) is 5.73. The second kappa shape index (κ2) is 8.85. The normalized spacial score (nSPS) is 12.0. The van der Waals surface area contributed by atoms with Crippen molar-refractivity contribution in [2.75, 3.05) is 6.54 Å². The van der Waals surface area contributed by atoms with Crippen LogP contribution in [0.15, 0.2) is 64.6 Å². The smallest absolute Gasteiger partial charge is 0.275 e. The third-order valence-electron chi connectivity index (χ3n) is 3.82. The molecule has 3 rings (SSSR count). The third kappa shape index (κ3) is 5.74. The van der Waals surface area contributed by atoms with Crippen LogP contribution in [-0.2, 0) is 24.4 Å². The summed E-state index contributed by atoms with van der Waals surface area (Å²) in [6, 6.07) is 15.4. The molecule has 1 amide bonds. The zero-order chi connectivity index (χ0) is 17.5. The number of rotatable bonds is 8. The van der Waals surface area contributed by atoms with E-state index in [4.69, 9.17) is 16.0 Å². The van der Waals surface area contributed by atoms with Crippen molar-refractivity contribution in [3.8, 4) is 0 Å². The van der Waals surface area contributed by atoms with Crippen LogP contribution < -0.4 is 10.2 Å². The van der Waals surface area contributed by atoms with Crippen molar-refractivity contribution in [1.29, 1.82) is 0 Å². The number of thiophene rings is 1. The molecule has 0 saturated carbocycles. The highest BCUT2D eigenvalue weighted by atomic mass is 35.5. The Kier molecular flexibility index (Phi) is 6.28. The minimum absolute atomic E-state index is 0.0214. The van der Waals surface area contributed by atoms with Crippen LogP contribution in [0.2, 0.25) is 5.02 Å². The van der Waals surface area contributed by atoms with Gasteiger partial charge in [0.1, 0.15) is 13.1 Å². The van der Waals surface area contributed by atoms with Crippen molar-refractivity contribution in [3.63, 3.8) is 0 Å². The molecule has 0 saturated heterocycles. The Hall–Kier alpha value is -2.08. The molecule has 1 unspecified atom stereocenters. The molecular weight excluding hydrogens is 356 g/mol. The lowest BCUT2D eigenvalue weighted by Gasteiger charge is -2.17. The first-order chi connectivity index (χ1) is 12.2. The summed E-state index contributed by atoms with van der Waals surface area (Å²) in [5.41, 5.74) is 1.03. The second-order valence-corrected chi connectivity index (χ2v) is 7.31. The van der Waals surface area contributed by atoms with Crippen molar-refractivity contribution in [2.24, 2.45) is 0 Å². The molecule has 2 N–H and O–H groups in total. The fourth-order valence-electron chi connectivity index (χ4n) is 2.60. The Labute approximate surface area is 156 Å². The van der Waals surface area contributed by atoms with Crippen molar-refractivity contribution < 1.29 is 14.1 Å². The van der Waals surface area contributed by atoms with E-state index >= 15 is 0 Å². The lowest BCUT2D eigenvalue weighted by Crippen LogP contribution is -3.10. The predicted octanol–water partition coefficient (Wildman–Crippen LogP) is 2.90. The molecule has 1 atom stereocenters. The van der Waals surface area contributed by atoms with Gasteiger partial charge in [0.05, 0.1) is 11.1 Å². The van der Waals surface area contributed by atoms with Crippen molar-refractivity contribution in [2.45, 2.75) is 19.6 Å². The number of hydrogen-bond acceptors (Lipinski definition) is 3. The summed E-state index contributed by atoms with van der Waals surface area (Å²) in [5.74, 6) is 0.908. The number of halogens is 1. The van der Waals surface area contributed by atoms with Gasteiger partial charge in [-0.05, 0) is 41.3 Å². The summed E-state index contributed by atoms with van der Waals surface area (Å²) in [7, 11) is 0. The van der Waals surface area contributed by atoms with Gasteiger partial charge in [-0.15, -0.1) is 11.3 Å². The lowest BCUT2D eigenvalue weighted by atomic mass is 10.2. The van der Waals surface area contributed by atoms with Gasteiger partial charge in [-0.3, -0.25) is 4.79 Å². The van der Waals surface area contributed by atoms with E-state index in [0.29, 0.717) is 24.7 Å². The van der Waals surface area contributed by atoms with Crippen LogP contribution in [0.25, 0.3) is 0 Å². The standard InChI is InChI=1S/C19H19ClN2O2S/c20-16-7-5-15(6-8-16)11-21-19(23)14-22(12-17-3-1-9-24-17)13-18-4-2-10-25-18/h1-10H,11-14H2,(H,21,23)/p+1. The molecule has 0 fully saturated rings. The van der Waals surface area contributed by atoms with Crippen LogP contribution in [-0.4, -0.2) is 12.5 Å². The van der Waals surface area contributed by atoms with Gasteiger partial charge in [0.15, 0.2) is 12.3 Å². The number of nitrogens with one attached hydrogen (secondary N) is 2. The summed E-state index contributed by atoms with van der Waals surface area (Å²) in [4.78, 5) is 14.8. The molecule has 0 aliphatic carbocycles. The summed E-state index contributed by atoms with van der Waals surface area (Å²) in [6.07, 6.45) is 1.67. The number of carbonyl (C=O) groups excluding carboxylic acids is 1. The van der Waals surface area contributed by atoms with Crippen LogP contribution >= 0.6 is 22.9 Å². The van der Waals surface area contributed by atoms with Gasteiger partial charge in [0.25, 0.3) is 5.91 Å². The SMILES string of the molecule is O=C(C[NH+](Cc1ccco1)Cc1cccs1)NCc1ccc(Cl)cc1. The zero-order valence-electron chi connectivity index (χ0n) is 13.7. The largest absolute Gasteiger partial charge is 0.463 e. The Morgan fingerprint density at radius 1 is 1.12 bits per heavy atom. The highest BCUT2D eigenvalue weighted by molar-refractivity contribution is 7.09. The number of hydrogen-bond donors (Lipinski definition) is 2. The van der Waals surface area contributed by atoms with Crippen molar-refractivity contribution >= 4 is 28.8 Å². The van der Waals surface area contributed by atoms with E-state index < -0.39 is 0 Å². The minimum atomic E-state index is 0.0214. The average molecular weight is 376 g/mol. The molecule has 25 heavy (non-hydrogen) atoms. The zero-order valence-corrected chi connectivity index (χ0v) is 15.3. The molecule has 4 nitrogen and oxygen atoms in total. The average Bonchev–Trinajstić information content (AvgIpc) is 3.28. The molecule has 6 heteroatoms. The Balaban J connectivity index is 1.56. The van der Waals surface area contributed by atoms with E-state index in [2.05, 4.69) is 16.8 Å². The number of furan rings is 1. The number of amides is 1. The fraction of sp³-hybridized carbons (Fsp3) is 0.211. The van der Waals surface area contributed by atoms with Gasteiger partial charge in [-0.25, -0.2) is 0 Å². The molecule has 0 radical (unpaired) electrons. The van der Waals surface area contributed by atoms with Gasteiger partial charge in [0, 0.05) is 11.6 Å². The molecule has 0 spiro atoms. The van der Waals surface area contributed by atoms with Gasteiger partial charge in [-0.2, -0.15) is 0 Å². The maximum Gasteiger partial charge on any atom is 0.275 e. The first-order valence-corrected chi connectivity index (χ1v) is 9.34. The molecule has 130 valence electrons. The predicted molar refractivity (Wildman–Crippen MR) is 99.6 cm³/mol. The third-order valence-corrected chi connectivity index (χ3v) is 4.95. The molecular formula is C19H20ClN2O2S+. The Bertz CT molecular complexity index is 734. The van der Waals surface area contributed by atoms with Crippen LogP contribution in [0.5, 0.6) is 0 Å². The maximum atomic E-state index is 12.4. The van der Waals surface area contributed by atoms with Gasteiger partial charge >= 0.3 is 0 Å². The van der Waals surface area contributed by atoms with Crippen LogP contribution in [0, 0.1) is 0 Å². The van der Waals surface area contributed by atoms with Crippen LogP contribution in [0.4, 0.5) is 0 Å². The van der Waals surface area contributed by atoms with Crippen molar-refractivity contribution in [3.05, 3.63) is 81.4 Å². The first kappa shape index (κ1) is 17.7. The Morgan fingerprint density at radius 3 is 2.64 bits per heavy atom. The molecule has 3 aromatic rings. The van der Waals surface area contributed by atoms with E-state index in [9.17, 15) is 4.79 Å². The molecule has 2 aromatic heterocycles. The molecule has 0 bridgehead atoms. The van der Waals surface area contributed by atoms with E-state index in [1.807, 2.05) is 42.5 Å². The van der Waals surface area contributed by atoms with Crippen LogP contribution in [0.3, 0.4) is 0 Å². The van der Waals surface area contributed by atoms with Gasteiger partial charge in [-0.1, -0.05) is 29.8 Å². The number of quaternary nitrogens is 1. The number of carbonyl (C=O) groups is 1. The molecule has 0 aliphatic rings. The topological polar surface area (TPSA) is 46.7 Å². The van der Waals surface area contributed by atoms with E-state index in [1.54, 1.807) is 17.6 Å². The Morgan fingerprint density at radius 2 is 1.96 bits per heavy atom. The van der Waals surface area contributed by atoms with E-state index in [-0.39, 0.29) is 5.91 Å². The van der Waals surface area contributed by atoms with Gasteiger partial charge < -0.3 is 14.6 Å². The van der Waals surface area contributed by atoms with E-state index in [1.165, 1.54) is 4.88 Å². The van der Waals surface area contributed by atoms with E-state index in [0.717, 1.165) is 22.8 Å². The minimum Gasteiger partial charge on any atom is -0.463 e. The van der Waals surface area contributed by atoms with Crippen molar-refractivity contribution in [1.82, 2.24) is 5.32 Å². The lowest BCUT2D eigenvalue weighted by molar-refractivity contribution is -0.920. The second-order valence-electron chi connectivity index (χ2n) is 5.84. The monoisotopic (exact) mass is 375 g/mol. The van der Waals surface area contributed by atoms with Crippen LogP contribution in [0.1, 0.15) is 16.2 Å². The maximum absolute atomic E-state index is 12.4. The highest BCUT2D eigenvalue weighted by Gasteiger charge is 2.17. The summed E-state index contributed by atoms with van der Waals surface area (Å²) in [6.45, 7) is 2.38. The highest BCUT2D eigenvalue weighted by Crippen LogP contribution is 2.09. The molecule has 0 aliphatic heterocycles. The summed E-state index contributed by atoms with van der Waals surface area (Å²) >= 11 is 7.59. The molecule has 1 aromatic carbocycles. The fourth-order valence-corrected chi connectivity index (χ4v) is 3.50. The molecule has 2 heterocycles. The summed E-state index contributed by atoms with van der Waals surface area (Å²) < 4.78 is 5.44.